The van der Waals surface area contributed by atoms with Gasteiger partial charge in [-0.2, -0.15) is 5.10 Å². The van der Waals surface area contributed by atoms with Crippen LogP contribution in [0.15, 0.2) is 82.8 Å². The standard InChI is InChI=1S/C23H22ClN3O5S/c1-31-20-11-8-17(22(14-20)32-2)15-25-26-23(28)16-27(19-6-4-3-5-7-19)33(29,30)21-12-9-18(24)10-13-21/h3-15H,16H2,1-2H3,(H,26,28)/b25-15-. The molecule has 172 valence electrons. The van der Waals surface area contributed by atoms with Crippen molar-refractivity contribution in [2.24, 2.45) is 5.10 Å². The predicted octanol–water partition coefficient (Wildman–Crippen LogP) is 3.70. The number of ether oxygens (including phenoxy) is 2. The molecule has 0 fully saturated rings. The number of rotatable bonds is 9. The van der Waals surface area contributed by atoms with E-state index < -0.39 is 22.5 Å². The zero-order chi connectivity index (χ0) is 23.8. The highest BCUT2D eigenvalue weighted by Crippen LogP contribution is 2.25. The molecule has 0 spiro atoms. The first kappa shape index (κ1) is 24.1. The predicted molar refractivity (Wildman–Crippen MR) is 128 cm³/mol. The van der Waals surface area contributed by atoms with Crippen molar-refractivity contribution < 1.29 is 22.7 Å². The number of carbonyl (C=O) groups excluding carboxylic acids is 1. The van der Waals surface area contributed by atoms with E-state index in [9.17, 15) is 13.2 Å². The number of halogens is 1. The van der Waals surface area contributed by atoms with Crippen molar-refractivity contribution in [2.75, 3.05) is 25.1 Å². The number of hydrogen-bond donors (Lipinski definition) is 1. The largest absolute Gasteiger partial charge is 0.497 e. The molecule has 0 aliphatic heterocycles. The number of para-hydroxylation sites is 1. The third-order valence-corrected chi connectivity index (χ3v) is 6.61. The average Bonchev–Trinajstić information content (AvgIpc) is 2.83. The maximum Gasteiger partial charge on any atom is 0.264 e. The Morgan fingerprint density at radius 1 is 1.03 bits per heavy atom. The zero-order valence-corrected chi connectivity index (χ0v) is 19.5. The summed E-state index contributed by atoms with van der Waals surface area (Å²) in [5, 5.41) is 4.34. The van der Waals surface area contributed by atoms with Gasteiger partial charge in [-0.3, -0.25) is 9.10 Å². The number of nitrogens with zero attached hydrogens (tertiary/aromatic N) is 2. The quantitative estimate of drug-likeness (QED) is 0.366. The summed E-state index contributed by atoms with van der Waals surface area (Å²) >= 11 is 5.88. The molecule has 3 rings (SSSR count). The van der Waals surface area contributed by atoms with Crippen molar-refractivity contribution >= 4 is 39.4 Å². The molecular formula is C23H22ClN3O5S. The summed E-state index contributed by atoms with van der Waals surface area (Å²) < 4.78 is 38.0. The molecule has 1 N–H and O–H groups in total. The van der Waals surface area contributed by atoms with E-state index >= 15 is 0 Å². The van der Waals surface area contributed by atoms with E-state index in [2.05, 4.69) is 10.5 Å². The van der Waals surface area contributed by atoms with Gasteiger partial charge < -0.3 is 9.47 Å². The summed E-state index contributed by atoms with van der Waals surface area (Å²) in [6.45, 7) is -0.480. The maximum atomic E-state index is 13.3. The first-order valence-electron chi connectivity index (χ1n) is 9.72. The molecule has 1 amide bonds. The smallest absolute Gasteiger partial charge is 0.264 e. The number of benzene rings is 3. The normalized spacial score (nSPS) is 11.2. The van der Waals surface area contributed by atoms with Crippen LogP contribution >= 0.6 is 11.6 Å². The second-order valence-electron chi connectivity index (χ2n) is 6.70. The monoisotopic (exact) mass is 487 g/mol. The van der Waals surface area contributed by atoms with Crippen molar-refractivity contribution in [2.45, 2.75) is 4.90 Å². The van der Waals surface area contributed by atoms with Gasteiger partial charge in [0.1, 0.15) is 18.0 Å². The van der Waals surface area contributed by atoms with Gasteiger partial charge in [0, 0.05) is 16.7 Å². The van der Waals surface area contributed by atoms with Gasteiger partial charge in [0.15, 0.2) is 0 Å². The SMILES string of the molecule is COc1ccc(/C=N\NC(=O)CN(c2ccccc2)S(=O)(=O)c2ccc(Cl)cc2)c(OC)c1. The Bertz CT molecular complexity index is 1230. The average molecular weight is 488 g/mol. The van der Waals surface area contributed by atoms with Gasteiger partial charge in [-0.25, -0.2) is 13.8 Å². The Labute approximate surface area is 197 Å². The molecule has 8 nitrogen and oxygen atoms in total. The summed E-state index contributed by atoms with van der Waals surface area (Å²) in [6, 6.07) is 19.2. The molecule has 0 aliphatic carbocycles. The highest BCUT2D eigenvalue weighted by molar-refractivity contribution is 7.92. The van der Waals surface area contributed by atoms with E-state index in [0.717, 1.165) is 4.31 Å². The van der Waals surface area contributed by atoms with E-state index in [1.54, 1.807) is 55.6 Å². The van der Waals surface area contributed by atoms with Crippen molar-refractivity contribution in [1.29, 1.82) is 0 Å². The molecule has 0 aliphatic rings. The van der Waals surface area contributed by atoms with Crippen LogP contribution in [0.5, 0.6) is 11.5 Å². The van der Waals surface area contributed by atoms with Crippen molar-refractivity contribution in [3.63, 3.8) is 0 Å². The second kappa shape index (κ2) is 10.8. The van der Waals surface area contributed by atoms with Crippen LogP contribution in [0.25, 0.3) is 0 Å². The van der Waals surface area contributed by atoms with Crippen LogP contribution in [-0.2, 0) is 14.8 Å². The van der Waals surface area contributed by atoms with Crippen LogP contribution in [0, 0.1) is 0 Å². The van der Waals surface area contributed by atoms with Crippen molar-refractivity contribution in [3.05, 3.63) is 83.4 Å². The van der Waals surface area contributed by atoms with Gasteiger partial charge >= 0.3 is 0 Å². The lowest BCUT2D eigenvalue weighted by Crippen LogP contribution is -2.39. The van der Waals surface area contributed by atoms with Crippen molar-refractivity contribution in [1.82, 2.24) is 5.43 Å². The van der Waals surface area contributed by atoms with Gasteiger partial charge in [0.2, 0.25) is 0 Å². The minimum atomic E-state index is -4.03. The number of nitrogens with one attached hydrogen (secondary N) is 1. The molecule has 0 heterocycles. The lowest BCUT2D eigenvalue weighted by molar-refractivity contribution is -0.119. The lowest BCUT2D eigenvalue weighted by atomic mass is 10.2. The van der Waals surface area contributed by atoms with Gasteiger partial charge in [-0.1, -0.05) is 29.8 Å². The van der Waals surface area contributed by atoms with E-state index in [0.29, 0.717) is 27.8 Å². The number of amides is 1. The number of hydrogen-bond acceptors (Lipinski definition) is 6. The minimum Gasteiger partial charge on any atom is -0.497 e. The molecule has 3 aromatic rings. The van der Waals surface area contributed by atoms with E-state index in [-0.39, 0.29) is 4.90 Å². The van der Waals surface area contributed by atoms with Crippen LogP contribution in [0.1, 0.15) is 5.56 Å². The van der Waals surface area contributed by atoms with Crippen LogP contribution in [0.2, 0.25) is 5.02 Å². The molecule has 33 heavy (non-hydrogen) atoms. The molecule has 3 aromatic carbocycles. The molecular weight excluding hydrogens is 466 g/mol. The van der Waals surface area contributed by atoms with Crippen LogP contribution in [0.3, 0.4) is 0 Å². The Morgan fingerprint density at radius 2 is 1.73 bits per heavy atom. The number of carbonyl (C=O) groups is 1. The van der Waals surface area contributed by atoms with Crippen LogP contribution < -0.4 is 19.2 Å². The Morgan fingerprint density at radius 3 is 2.36 bits per heavy atom. The summed E-state index contributed by atoms with van der Waals surface area (Å²) in [6.07, 6.45) is 1.40. The van der Waals surface area contributed by atoms with E-state index in [1.165, 1.54) is 37.6 Å². The van der Waals surface area contributed by atoms with E-state index in [4.69, 9.17) is 21.1 Å². The summed E-state index contributed by atoms with van der Waals surface area (Å²) in [5.74, 6) is 0.489. The molecule has 0 radical (unpaired) electrons. The number of sulfonamides is 1. The first-order valence-corrected chi connectivity index (χ1v) is 11.5. The fraction of sp³-hybridized carbons (Fsp3) is 0.130. The molecule has 0 saturated carbocycles. The summed E-state index contributed by atoms with van der Waals surface area (Å²) in [4.78, 5) is 12.6. The number of methoxy groups -OCH3 is 2. The second-order valence-corrected chi connectivity index (χ2v) is 9.00. The fourth-order valence-electron chi connectivity index (χ4n) is 2.91. The zero-order valence-electron chi connectivity index (χ0n) is 17.9. The van der Waals surface area contributed by atoms with Crippen molar-refractivity contribution in [3.8, 4) is 11.5 Å². The van der Waals surface area contributed by atoms with Crippen LogP contribution in [0.4, 0.5) is 5.69 Å². The van der Waals surface area contributed by atoms with Crippen LogP contribution in [-0.4, -0.2) is 41.3 Å². The Balaban J connectivity index is 1.80. The van der Waals surface area contributed by atoms with E-state index in [1.807, 2.05) is 0 Å². The highest BCUT2D eigenvalue weighted by atomic mass is 35.5. The molecule has 0 atom stereocenters. The topological polar surface area (TPSA) is 97.3 Å². The molecule has 0 saturated heterocycles. The summed E-state index contributed by atoms with van der Waals surface area (Å²) in [5.41, 5.74) is 3.30. The minimum absolute atomic E-state index is 0.00928. The number of hydrazone groups is 1. The van der Waals surface area contributed by atoms with Gasteiger partial charge in [0.05, 0.1) is 31.0 Å². The molecule has 0 bridgehead atoms. The van der Waals surface area contributed by atoms with Gasteiger partial charge in [0.25, 0.3) is 15.9 Å². The summed E-state index contributed by atoms with van der Waals surface area (Å²) in [7, 11) is -0.988. The fourth-order valence-corrected chi connectivity index (χ4v) is 4.45. The Hall–Kier alpha value is -3.56. The van der Waals surface area contributed by atoms with Gasteiger partial charge in [-0.05, 0) is 48.5 Å². The third kappa shape index (κ3) is 6.03. The van der Waals surface area contributed by atoms with Gasteiger partial charge in [-0.15, -0.1) is 0 Å². The first-order chi connectivity index (χ1) is 15.8. The lowest BCUT2D eigenvalue weighted by Gasteiger charge is -2.23. The Kier molecular flexibility index (Phi) is 7.92. The molecule has 0 unspecified atom stereocenters. The number of anilines is 1. The maximum absolute atomic E-state index is 13.3. The molecule has 10 heteroatoms. The molecule has 0 aromatic heterocycles. The third-order valence-electron chi connectivity index (χ3n) is 4.57. The highest BCUT2D eigenvalue weighted by Gasteiger charge is 2.27.